The van der Waals surface area contributed by atoms with E-state index in [0.29, 0.717) is 52.5 Å². The number of nitrogens with zero attached hydrogens (tertiary/aromatic N) is 3. The molecule has 0 aromatic heterocycles. The van der Waals surface area contributed by atoms with Crippen molar-refractivity contribution in [2.75, 3.05) is 53.0 Å². The first-order valence-corrected chi connectivity index (χ1v) is 10.4. The van der Waals surface area contributed by atoms with Crippen LogP contribution in [-0.4, -0.2) is 81.0 Å². The van der Waals surface area contributed by atoms with Gasteiger partial charge in [0, 0.05) is 52.9 Å². The lowest BCUT2D eigenvalue weighted by atomic mass is 10.2. The Morgan fingerprint density at radius 3 is 2.52 bits per heavy atom. The van der Waals surface area contributed by atoms with Gasteiger partial charge in [-0.2, -0.15) is 13.2 Å². The summed E-state index contributed by atoms with van der Waals surface area (Å²) in [7, 11) is 1.66. The summed E-state index contributed by atoms with van der Waals surface area (Å²) in [5.41, 5.74) is 1.01. The minimum absolute atomic E-state index is 0. The van der Waals surface area contributed by atoms with E-state index in [1.165, 1.54) is 11.8 Å². The second-order valence-corrected chi connectivity index (χ2v) is 7.25. The number of ether oxygens (including phenoxy) is 2. The molecule has 2 rings (SSSR count). The van der Waals surface area contributed by atoms with Crippen molar-refractivity contribution in [1.29, 1.82) is 0 Å². The number of alkyl halides is 3. The van der Waals surface area contributed by atoms with Crippen LogP contribution in [0.25, 0.3) is 0 Å². The monoisotopic (exact) mass is 558 g/mol. The molecule has 178 valence electrons. The molecule has 1 aliphatic rings. The Balaban J connectivity index is 0.00000480. The maximum atomic E-state index is 13.0. The fourth-order valence-electron chi connectivity index (χ4n) is 3.25. The number of aliphatic imine (C=N–C) groups is 1. The van der Waals surface area contributed by atoms with E-state index in [-0.39, 0.29) is 24.0 Å². The Bertz CT molecular complexity index is 668. The van der Waals surface area contributed by atoms with Crippen LogP contribution in [0.15, 0.2) is 29.3 Å². The molecule has 1 fully saturated rings. The molecule has 1 aromatic carbocycles. The summed E-state index contributed by atoms with van der Waals surface area (Å²) in [6, 6.07) is 6.36. The molecule has 0 aliphatic carbocycles. The molecular formula is C21H34F3IN4O2. The second-order valence-electron chi connectivity index (χ2n) is 7.25. The number of nitrogens with one attached hydrogen (secondary N) is 1. The third-order valence-corrected chi connectivity index (χ3v) is 5.04. The first-order valence-electron chi connectivity index (χ1n) is 10.4. The van der Waals surface area contributed by atoms with Crippen molar-refractivity contribution in [2.24, 2.45) is 4.99 Å². The molecule has 1 aromatic rings. The fourth-order valence-corrected chi connectivity index (χ4v) is 3.25. The van der Waals surface area contributed by atoms with E-state index in [0.717, 1.165) is 23.7 Å². The molecule has 31 heavy (non-hydrogen) atoms. The minimum Gasteiger partial charge on any atom is -0.493 e. The Morgan fingerprint density at radius 2 is 1.90 bits per heavy atom. The zero-order valence-corrected chi connectivity index (χ0v) is 20.8. The van der Waals surface area contributed by atoms with E-state index in [1.807, 2.05) is 36.1 Å². The maximum absolute atomic E-state index is 13.0. The highest BCUT2D eigenvalue weighted by atomic mass is 127. The average molecular weight is 558 g/mol. The van der Waals surface area contributed by atoms with Gasteiger partial charge in [0.1, 0.15) is 11.8 Å². The molecule has 0 saturated carbocycles. The third-order valence-electron chi connectivity index (χ3n) is 5.04. The van der Waals surface area contributed by atoms with Crippen molar-refractivity contribution in [3.63, 3.8) is 0 Å². The number of piperazine rings is 1. The van der Waals surface area contributed by atoms with E-state index in [2.05, 4.69) is 5.32 Å². The number of halogens is 4. The third kappa shape index (κ3) is 9.40. The molecule has 1 N–H and O–H groups in total. The number of methoxy groups -OCH3 is 1. The van der Waals surface area contributed by atoms with Crippen LogP contribution < -0.4 is 10.1 Å². The summed E-state index contributed by atoms with van der Waals surface area (Å²) >= 11 is 0. The highest BCUT2D eigenvalue weighted by Gasteiger charge is 2.41. The quantitative estimate of drug-likeness (QED) is 0.217. The molecule has 0 spiro atoms. The first-order chi connectivity index (χ1) is 14.3. The standard InChI is InChI=1S/C21H33F3N4O2.HI/c1-4-25-20(28-11-9-27(10-12-28)17(2)21(22,23)24)26-16-18-7-5-8-19(15-18)30-14-6-13-29-3;/h5,7-8,15,17H,4,6,9-14,16H2,1-3H3,(H,25,26);1H. The van der Waals surface area contributed by atoms with Gasteiger partial charge in [0.25, 0.3) is 0 Å². The predicted molar refractivity (Wildman–Crippen MR) is 127 cm³/mol. The summed E-state index contributed by atoms with van der Waals surface area (Å²) in [4.78, 5) is 8.19. The summed E-state index contributed by atoms with van der Waals surface area (Å²) in [5.74, 6) is 1.52. The number of rotatable bonds is 9. The highest BCUT2D eigenvalue weighted by Crippen LogP contribution is 2.25. The summed E-state index contributed by atoms with van der Waals surface area (Å²) in [6.45, 7) is 7.34. The Hall–Kier alpha value is -1.27. The molecule has 6 nitrogen and oxygen atoms in total. The van der Waals surface area contributed by atoms with Gasteiger partial charge in [-0.25, -0.2) is 4.99 Å². The van der Waals surface area contributed by atoms with Crippen molar-refractivity contribution in [3.05, 3.63) is 29.8 Å². The van der Waals surface area contributed by atoms with Crippen molar-refractivity contribution < 1.29 is 22.6 Å². The topological polar surface area (TPSA) is 49.3 Å². The second kappa shape index (κ2) is 14.0. The molecule has 1 aliphatic heterocycles. The molecule has 1 saturated heterocycles. The zero-order chi connectivity index (χ0) is 22.0. The minimum atomic E-state index is -4.20. The average Bonchev–Trinajstić information content (AvgIpc) is 2.73. The normalized spacial score (nSPS) is 16.6. The molecule has 0 amide bonds. The van der Waals surface area contributed by atoms with Gasteiger partial charge in [-0.3, -0.25) is 4.90 Å². The first kappa shape index (κ1) is 27.8. The van der Waals surface area contributed by atoms with Crippen LogP contribution >= 0.6 is 24.0 Å². The van der Waals surface area contributed by atoms with Gasteiger partial charge in [-0.1, -0.05) is 12.1 Å². The van der Waals surface area contributed by atoms with E-state index in [1.54, 1.807) is 7.11 Å². The molecule has 10 heteroatoms. The Morgan fingerprint density at radius 1 is 1.19 bits per heavy atom. The molecule has 0 bridgehead atoms. The lowest BCUT2D eigenvalue weighted by Crippen LogP contribution is -2.56. The van der Waals surface area contributed by atoms with Crippen molar-refractivity contribution >= 4 is 29.9 Å². The Kier molecular flexibility index (Phi) is 12.5. The summed E-state index contributed by atoms with van der Waals surface area (Å²) in [5, 5.41) is 3.25. The van der Waals surface area contributed by atoms with Crippen LogP contribution in [0.4, 0.5) is 13.2 Å². The van der Waals surface area contributed by atoms with E-state index in [9.17, 15) is 13.2 Å². The van der Waals surface area contributed by atoms with Crippen molar-refractivity contribution in [3.8, 4) is 5.75 Å². The summed E-state index contributed by atoms with van der Waals surface area (Å²) in [6.07, 6.45) is -3.38. The maximum Gasteiger partial charge on any atom is 0.403 e. The Labute approximate surface area is 200 Å². The van der Waals surface area contributed by atoms with Crippen LogP contribution in [0.1, 0.15) is 25.8 Å². The van der Waals surface area contributed by atoms with Crippen LogP contribution in [0.2, 0.25) is 0 Å². The SMILES string of the molecule is CCNC(=NCc1cccc(OCCCOC)c1)N1CCN(C(C)C(F)(F)F)CC1.I. The van der Waals surface area contributed by atoms with E-state index >= 15 is 0 Å². The number of benzene rings is 1. The van der Waals surface area contributed by atoms with Crippen molar-refractivity contribution in [1.82, 2.24) is 15.1 Å². The van der Waals surface area contributed by atoms with Gasteiger partial charge in [-0.15, -0.1) is 24.0 Å². The largest absolute Gasteiger partial charge is 0.493 e. The number of guanidine groups is 1. The fraction of sp³-hybridized carbons (Fsp3) is 0.667. The van der Waals surface area contributed by atoms with Gasteiger partial charge < -0.3 is 19.7 Å². The summed E-state index contributed by atoms with van der Waals surface area (Å²) < 4.78 is 49.6. The lowest BCUT2D eigenvalue weighted by Gasteiger charge is -2.39. The molecule has 1 unspecified atom stereocenters. The van der Waals surface area contributed by atoms with Crippen molar-refractivity contribution in [2.45, 2.75) is 39.0 Å². The van der Waals surface area contributed by atoms with Crippen LogP contribution in [0.3, 0.4) is 0 Å². The van der Waals surface area contributed by atoms with Crippen LogP contribution in [0, 0.1) is 0 Å². The van der Waals surface area contributed by atoms with Crippen LogP contribution in [-0.2, 0) is 11.3 Å². The highest BCUT2D eigenvalue weighted by molar-refractivity contribution is 14.0. The number of hydrogen-bond acceptors (Lipinski definition) is 4. The lowest BCUT2D eigenvalue weighted by molar-refractivity contribution is -0.181. The van der Waals surface area contributed by atoms with Gasteiger partial charge in [0.05, 0.1) is 13.2 Å². The smallest absolute Gasteiger partial charge is 0.403 e. The predicted octanol–water partition coefficient (Wildman–Crippen LogP) is 3.75. The molecule has 0 radical (unpaired) electrons. The van der Waals surface area contributed by atoms with Crippen LogP contribution in [0.5, 0.6) is 5.75 Å². The van der Waals surface area contributed by atoms with E-state index < -0.39 is 12.2 Å². The molecular weight excluding hydrogens is 524 g/mol. The molecule has 1 heterocycles. The van der Waals surface area contributed by atoms with Gasteiger partial charge in [0.15, 0.2) is 5.96 Å². The van der Waals surface area contributed by atoms with Gasteiger partial charge in [0.2, 0.25) is 0 Å². The number of hydrogen-bond donors (Lipinski definition) is 1. The zero-order valence-electron chi connectivity index (χ0n) is 18.5. The van der Waals surface area contributed by atoms with Gasteiger partial charge >= 0.3 is 6.18 Å². The van der Waals surface area contributed by atoms with Gasteiger partial charge in [-0.05, 0) is 31.5 Å². The van der Waals surface area contributed by atoms with E-state index in [4.69, 9.17) is 14.5 Å². The molecule has 1 atom stereocenters.